The number of rotatable bonds is 6. The van der Waals surface area contributed by atoms with Gasteiger partial charge >= 0.3 is 0 Å². The Labute approximate surface area is 110 Å². The first kappa shape index (κ1) is 15.1. The van der Waals surface area contributed by atoms with Gasteiger partial charge in [0.15, 0.2) is 23.3 Å². The molecule has 0 aliphatic rings. The van der Waals surface area contributed by atoms with Crippen LogP contribution in [0.2, 0.25) is 0 Å². The molecule has 0 aliphatic heterocycles. The van der Waals surface area contributed by atoms with Gasteiger partial charge in [-0.3, -0.25) is 4.79 Å². The average molecular weight is 272 g/mol. The van der Waals surface area contributed by atoms with Gasteiger partial charge in [0, 0.05) is 18.7 Å². The summed E-state index contributed by atoms with van der Waals surface area (Å²) in [4.78, 5) is 15.2. The van der Waals surface area contributed by atoms with Crippen molar-refractivity contribution in [2.75, 3.05) is 23.7 Å². The molecule has 0 unspecified atom stereocenters. The topological polar surface area (TPSA) is 66.0 Å². The predicted octanol–water partition coefficient (Wildman–Crippen LogP) is 1.73. The molecule has 0 spiro atoms. The Kier molecular flexibility index (Phi) is 5.47. The van der Waals surface area contributed by atoms with E-state index < -0.39 is 11.6 Å². The van der Waals surface area contributed by atoms with Gasteiger partial charge in [-0.05, 0) is 20.8 Å². The van der Waals surface area contributed by atoms with Crippen molar-refractivity contribution in [2.24, 2.45) is 0 Å². The molecule has 0 saturated carbocycles. The highest BCUT2D eigenvalue weighted by atomic mass is 19.1. The predicted molar refractivity (Wildman–Crippen MR) is 70.1 cm³/mol. The number of carbonyl (C=O) groups is 1. The van der Waals surface area contributed by atoms with Crippen molar-refractivity contribution < 1.29 is 13.6 Å². The number of aromatic nitrogens is 1. The summed E-state index contributed by atoms with van der Waals surface area (Å²) in [5.41, 5.74) is 0. The lowest BCUT2D eigenvalue weighted by atomic mass is 10.3. The Morgan fingerprint density at radius 1 is 1.26 bits per heavy atom. The maximum Gasteiger partial charge on any atom is 0.239 e. The maximum absolute atomic E-state index is 13.5. The summed E-state index contributed by atoms with van der Waals surface area (Å²) < 4.78 is 26.8. The van der Waals surface area contributed by atoms with Crippen molar-refractivity contribution in [1.82, 2.24) is 10.3 Å². The van der Waals surface area contributed by atoms with Gasteiger partial charge in [-0.1, -0.05) is 0 Å². The Hall–Kier alpha value is -1.92. The molecule has 3 N–H and O–H groups in total. The highest BCUT2D eigenvalue weighted by molar-refractivity contribution is 5.80. The van der Waals surface area contributed by atoms with Gasteiger partial charge in [0.05, 0.1) is 6.54 Å². The van der Waals surface area contributed by atoms with E-state index in [0.29, 0.717) is 6.54 Å². The fourth-order valence-corrected chi connectivity index (χ4v) is 1.42. The van der Waals surface area contributed by atoms with Gasteiger partial charge in [-0.2, -0.15) is 0 Å². The van der Waals surface area contributed by atoms with Crippen LogP contribution < -0.4 is 16.0 Å². The zero-order chi connectivity index (χ0) is 14.4. The molecule has 0 bridgehead atoms. The molecule has 0 fully saturated rings. The van der Waals surface area contributed by atoms with Crippen LogP contribution in [0.5, 0.6) is 0 Å². The minimum absolute atomic E-state index is 0.00218. The van der Waals surface area contributed by atoms with Crippen LogP contribution in [0, 0.1) is 11.6 Å². The third-order valence-electron chi connectivity index (χ3n) is 2.14. The van der Waals surface area contributed by atoms with Gasteiger partial charge in [-0.25, -0.2) is 13.8 Å². The molecule has 1 aromatic rings. The molecule has 1 amide bonds. The van der Waals surface area contributed by atoms with Crippen molar-refractivity contribution in [3.05, 3.63) is 17.7 Å². The number of amides is 1. The Bertz CT molecular complexity index is 452. The van der Waals surface area contributed by atoms with Crippen LogP contribution in [0.25, 0.3) is 0 Å². The van der Waals surface area contributed by atoms with Crippen molar-refractivity contribution >= 4 is 17.5 Å². The van der Waals surface area contributed by atoms with Crippen LogP contribution in [0.3, 0.4) is 0 Å². The van der Waals surface area contributed by atoms with Gasteiger partial charge in [0.1, 0.15) is 0 Å². The summed E-state index contributed by atoms with van der Waals surface area (Å²) >= 11 is 0. The molecule has 1 rings (SSSR count). The molecule has 0 aliphatic carbocycles. The van der Waals surface area contributed by atoms with E-state index in [4.69, 9.17) is 0 Å². The van der Waals surface area contributed by atoms with Crippen LogP contribution in [-0.4, -0.2) is 30.0 Å². The molecule has 0 aromatic carbocycles. The number of hydrogen-bond donors (Lipinski definition) is 3. The molecule has 7 heteroatoms. The van der Waals surface area contributed by atoms with Crippen LogP contribution in [0.1, 0.15) is 20.8 Å². The van der Waals surface area contributed by atoms with E-state index in [1.807, 2.05) is 13.8 Å². The molecular weight excluding hydrogens is 254 g/mol. The Morgan fingerprint density at radius 3 is 2.37 bits per heavy atom. The van der Waals surface area contributed by atoms with Crippen molar-refractivity contribution in [3.8, 4) is 0 Å². The standard InChI is InChI=1S/C12H18F2N4O/c1-4-15-11-8(13)5-9(14)12(18-11)16-6-10(19)17-7(2)3/h5,7H,4,6H2,1-3H3,(H,17,19)(H2,15,16,18). The molecule has 106 valence electrons. The lowest BCUT2D eigenvalue weighted by molar-refractivity contribution is -0.119. The number of halogens is 2. The molecule has 5 nitrogen and oxygen atoms in total. The number of nitrogens with zero attached hydrogens (tertiary/aromatic N) is 1. The lowest BCUT2D eigenvalue weighted by Gasteiger charge is -2.11. The van der Waals surface area contributed by atoms with E-state index in [0.717, 1.165) is 6.07 Å². The quantitative estimate of drug-likeness (QED) is 0.738. The van der Waals surface area contributed by atoms with E-state index in [9.17, 15) is 13.6 Å². The first-order chi connectivity index (χ1) is 8.93. The van der Waals surface area contributed by atoms with Gasteiger partial charge in [0.25, 0.3) is 0 Å². The van der Waals surface area contributed by atoms with E-state index in [1.54, 1.807) is 6.92 Å². The highest BCUT2D eigenvalue weighted by Crippen LogP contribution is 2.18. The third kappa shape index (κ3) is 4.69. The molecule has 19 heavy (non-hydrogen) atoms. The third-order valence-corrected chi connectivity index (χ3v) is 2.14. The van der Waals surface area contributed by atoms with Crippen LogP contribution in [0.4, 0.5) is 20.4 Å². The van der Waals surface area contributed by atoms with Gasteiger partial charge in [0.2, 0.25) is 5.91 Å². The minimum atomic E-state index is -0.837. The summed E-state index contributed by atoms with van der Waals surface area (Å²) in [5.74, 6) is -2.09. The molecule has 0 saturated heterocycles. The fourth-order valence-electron chi connectivity index (χ4n) is 1.42. The van der Waals surface area contributed by atoms with Crippen LogP contribution in [0.15, 0.2) is 6.07 Å². The second-order valence-corrected chi connectivity index (χ2v) is 4.26. The number of pyridine rings is 1. The number of nitrogens with one attached hydrogen (secondary N) is 3. The van der Waals surface area contributed by atoms with Crippen molar-refractivity contribution in [2.45, 2.75) is 26.8 Å². The molecular formula is C12H18F2N4O. The summed E-state index contributed by atoms with van der Waals surface area (Å²) in [7, 11) is 0. The second-order valence-electron chi connectivity index (χ2n) is 4.26. The number of carbonyl (C=O) groups excluding carboxylic acids is 1. The van der Waals surface area contributed by atoms with Crippen molar-refractivity contribution in [3.63, 3.8) is 0 Å². The number of hydrogen-bond acceptors (Lipinski definition) is 4. The largest absolute Gasteiger partial charge is 0.368 e. The first-order valence-corrected chi connectivity index (χ1v) is 6.07. The SMILES string of the molecule is CCNc1nc(NCC(=O)NC(C)C)c(F)cc1F. The van der Waals surface area contributed by atoms with Gasteiger partial charge < -0.3 is 16.0 Å². The van der Waals surface area contributed by atoms with Crippen molar-refractivity contribution in [1.29, 1.82) is 0 Å². The first-order valence-electron chi connectivity index (χ1n) is 6.07. The zero-order valence-corrected chi connectivity index (χ0v) is 11.2. The lowest BCUT2D eigenvalue weighted by Crippen LogP contribution is -2.35. The molecule has 0 radical (unpaired) electrons. The van der Waals surface area contributed by atoms with E-state index in [1.165, 1.54) is 0 Å². The number of anilines is 2. The summed E-state index contributed by atoms with van der Waals surface area (Å²) in [6.07, 6.45) is 0. The summed E-state index contributed by atoms with van der Waals surface area (Å²) in [5, 5.41) is 7.85. The van der Waals surface area contributed by atoms with E-state index in [-0.39, 0.29) is 30.1 Å². The van der Waals surface area contributed by atoms with Crippen LogP contribution >= 0.6 is 0 Å². The van der Waals surface area contributed by atoms with E-state index >= 15 is 0 Å². The average Bonchev–Trinajstić information content (AvgIpc) is 2.30. The summed E-state index contributed by atoms with van der Waals surface area (Å²) in [6, 6.07) is 0.728. The second kappa shape index (κ2) is 6.86. The Morgan fingerprint density at radius 2 is 1.84 bits per heavy atom. The Balaban J connectivity index is 2.72. The molecule has 1 aromatic heterocycles. The monoisotopic (exact) mass is 272 g/mol. The van der Waals surface area contributed by atoms with E-state index in [2.05, 4.69) is 20.9 Å². The zero-order valence-electron chi connectivity index (χ0n) is 11.2. The molecule has 0 atom stereocenters. The van der Waals surface area contributed by atoms with Crippen LogP contribution in [-0.2, 0) is 4.79 Å². The minimum Gasteiger partial charge on any atom is -0.368 e. The highest BCUT2D eigenvalue weighted by Gasteiger charge is 2.12. The smallest absolute Gasteiger partial charge is 0.239 e. The van der Waals surface area contributed by atoms with Gasteiger partial charge in [-0.15, -0.1) is 0 Å². The fraction of sp³-hybridized carbons (Fsp3) is 0.500. The molecule has 1 heterocycles. The summed E-state index contributed by atoms with van der Waals surface area (Å²) in [6.45, 7) is 5.74. The normalized spacial score (nSPS) is 10.4. The maximum atomic E-state index is 13.5.